The molecule has 2 atom stereocenters. The molecule has 0 saturated carbocycles. The third kappa shape index (κ3) is 4.85. The van der Waals surface area contributed by atoms with E-state index in [4.69, 9.17) is 9.47 Å². The van der Waals surface area contributed by atoms with Crippen molar-refractivity contribution in [2.45, 2.75) is 31.9 Å². The van der Waals surface area contributed by atoms with Crippen molar-refractivity contribution in [3.05, 3.63) is 46.7 Å². The first-order valence-electron chi connectivity index (χ1n) is 10.4. The molecule has 0 spiro atoms. The molecule has 7 heteroatoms. The van der Waals surface area contributed by atoms with Gasteiger partial charge in [-0.3, -0.25) is 4.90 Å². The van der Waals surface area contributed by atoms with Crippen molar-refractivity contribution in [2.75, 3.05) is 39.3 Å². The first kappa shape index (κ1) is 20.0. The van der Waals surface area contributed by atoms with Gasteiger partial charge >= 0.3 is 6.03 Å². The average molecular weight is 416 g/mol. The summed E-state index contributed by atoms with van der Waals surface area (Å²) in [5.41, 5.74) is 0. The predicted molar refractivity (Wildman–Crippen MR) is 115 cm³/mol. The van der Waals surface area contributed by atoms with E-state index in [0.717, 1.165) is 24.6 Å². The first-order valence-corrected chi connectivity index (χ1v) is 11.3. The molecule has 6 nitrogen and oxygen atoms in total. The molecule has 2 aliphatic rings. The number of hydrogen-bond acceptors (Lipinski definition) is 5. The zero-order valence-electron chi connectivity index (χ0n) is 16.9. The van der Waals surface area contributed by atoms with Crippen LogP contribution in [0.5, 0.6) is 11.5 Å². The summed E-state index contributed by atoms with van der Waals surface area (Å²) >= 11 is 1.76. The second kappa shape index (κ2) is 9.50. The van der Waals surface area contributed by atoms with E-state index in [1.807, 2.05) is 31.2 Å². The summed E-state index contributed by atoms with van der Waals surface area (Å²) in [6.45, 7) is 6.40. The molecule has 2 unspecified atom stereocenters. The molecule has 3 heterocycles. The second-order valence-corrected chi connectivity index (χ2v) is 8.48. The van der Waals surface area contributed by atoms with Crippen LogP contribution in [0, 0.1) is 0 Å². The van der Waals surface area contributed by atoms with E-state index in [0.29, 0.717) is 26.2 Å². The fraction of sp³-hybridized carbons (Fsp3) is 0.500. The number of carbonyl (C=O) groups is 1. The second-order valence-electron chi connectivity index (χ2n) is 7.50. The fourth-order valence-electron chi connectivity index (χ4n) is 3.99. The van der Waals surface area contributed by atoms with Crippen LogP contribution in [0.15, 0.2) is 41.8 Å². The Kier molecular flexibility index (Phi) is 6.56. The molecule has 2 aliphatic heterocycles. The Hall–Kier alpha value is -2.25. The number of nitrogens with one attached hydrogen (secondary N) is 1. The van der Waals surface area contributed by atoms with E-state index in [2.05, 4.69) is 27.7 Å². The number of urea groups is 1. The van der Waals surface area contributed by atoms with Gasteiger partial charge in [-0.1, -0.05) is 18.2 Å². The Bertz CT molecular complexity index is 792. The van der Waals surface area contributed by atoms with Crippen LogP contribution in [0.2, 0.25) is 0 Å². The topological polar surface area (TPSA) is 54.0 Å². The number of fused-ring (bicyclic) bond motifs is 1. The van der Waals surface area contributed by atoms with Crippen LogP contribution in [0.25, 0.3) is 0 Å². The van der Waals surface area contributed by atoms with Gasteiger partial charge < -0.3 is 19.7 Å². The van der Waals surface area contributed by atoms with Crippen molar-refractivity contribution in [3.8, 4) is 11.5 Å². The summed E-state index contributed by atoms with van der Waals surface area (Å²) < 4.78 is 11.8. The summed E-state index contributed by atoms with van der Waals surface area (Å²) in [5, 5.41) is 5.27. The summed E-state index contributed by atoms with van der Waals surface area (Å²) in [6.07, 6.45) is 2.30. The molecule has 1 N–H and O–H groups in total. The molecular weight excluding hydrogens is 386 g/mol. The van der Waals surface area contributed by atoms with Gasteiger partial charge in [0.2, 0.25) is 0 Å². The number of nitrogens with zero attached hydrogens (tertiary/aromatic N) is 2. The highest BCUT2D eigenvalue weighted by atomic mass is 32.1. The van der Waals surface area contributed by atoms with Crippen LogP contribution in [0.4, 0.5) is 4.79 Å². The third-order valence-corrected chi connectivity index (χ3v) is 6.53. The van der Waals surface area contributed by atoms with Gasteiger partial charge in [0.05, 0.1) is 12.6 Å². The van der Waals surface area contributed by atoms with Gasteiger partial charge in [0.25, 0.3) is 0 Å². The Morgan fingerprint density at radius 3 is 2.76 bits per heavy atom. The number of benzene rings is 1. The lowest BCUT2D eigenvalue weighted by molar-refractivity contribution is 0.0672. The van der Waals surface area contributed by atoms with Gasteiger partial charge in [-0.2, -0.15) is 0 Å². The molecule has 0 bridgehead atoms. The normalized spacial score (nSPS) is 19.7. The zero-order valence-corrected chi connectivity index (χ0v) is 17.7. The largest absolute Gasteiger partial charge is 0.486 e. The number of rotatable bonds is 7. The molecule has 2 aromatic rings. The van der Waals surface area contributed by atoms with E-state index in [9.17, 15) is 4.79 Å². The Labute approximate surface area is 176 Å². The smallest absolute Gasteiger partial charge is 0.317 e. The van der Waals surface area contributed by atoms with Crippen LogP contribution in [-0.4, -0.2) is 61.3 Å². The number of likely N-dealkylation sites (tertiary alicyclic amines) is 1. The number of hydrogen-bond donors (Lipinski definition) is 1. The molecule has 1 aromatic carbocycles. The van der Waals surface area contributed by atoms with Crippen LogP contribution in [0.1, 0.15) is 30.7 Å². The quantitative estimate of drug-likeness (QED) is 0.748. The minimum Gasteiger partial charge on any atom is -0.486 e. The molecule has 29 heavy (non-hydrogen) atoms. The van der Waals surface area contributed by atoms with Crippen molar-refractivity contribution in [1.29, 1.82) is 0 Å². The molecule has 1 fully saturated rings. The van der Waals surface area contributed by atoms with Crippen molar-refractivity contribution >= 4 is 17.4 Å². The third-order valence-electron chi connectivity index (χ3n) is 5.56. The molecule has 0 radical (unpaired) electrons. The van der Waals surface area contributed by atoms with Gasteiger partial charge in [-0.05, 0) is 56.4 Å². The minimum atomic E-state index is -0.165. The summed E-state index contributed by atoms with van der Waals surface area (Å²) in [6, 6.07) is 12.1. The highest BCUT2D eigenvalue weighted by Crippen LogP contribution is 2.31. The van der Waals surface area contributed by atoms with Crippen LogP contribution in [-0.2, 0) is 0 Å². The van der Waals surface area contributed by atoms with E-state index >= 15 is 0 Å². The highest BCUT2D eigenvalue weighted by Gasteiger charge is 2.27. The standard InChI is InChI=1S/C22H29N3O3S/c1-2-24(15-17-16-27-19-8-3-4-9-20(19)28-17)22(26)23-14-18(21-10-7-13-29-21)25-11-5-6-12-25/h3-4,7-10,13,17-18H,2,5-6,11-12,14-16H2,1H3,(H,23,26). The number of carbonyl (C=O) groups excluding carboxylic acids is 1. The number of likely N-dealkylation sites (N-methyl/N-ethyl adjacent to an activating group) is 1. The van der Waals surface area contributed by atoms with Crippen molar-refractivity contribution in [2.24, 2.45) is 0 Å². The first-order chi connectivity index (χ1) is 14.2. The van der Waals surface area contributed by atoms with Gasteiger partial charge in [0.15, 0.2) is 17.6 Å². The molecule has 156 valence electrons. The van der Waals surface area contributed by atoms with Gasteiger partial charge in [0, 0.05) is 18.0 Å². The maximum atomic E-state index is 12.9. The number of ether oxygens (including phenoxy) is 2. The van der Waals surface area contributed by atoms with Crippen molar-refractivity contribution in [3.63, 3.8) is 0 Å². The Balaban J connectivity index is 1.34. The lowest BCUT2D eigenvalue weighted by Gasteiger charge is -2.32. The predicted octanol–water partition coefficient (Wildman–Crippen LogP) is 3.76. The van der Waals surface area contributed by atoms with E-state index in [1.165, 1.54) is 17.7 Å². The maximum absolute atomic E-state index is 12.9. The van der Waals surface area contributed by atoms with Gasteiger partial charge in [-0.15, -0.1) is 11.3 Å². The molecule has 1 aromatic heterocycles. The van der Waals surface area contributed by atoms with Crippen molar-refractivity contribution in [1.82, 2.24) is 15.1 Å². The molecule has 2 amide bonds. The lowest BCUT2D eigenvalue weighted by Crippen LogP contribution is -2.48. The molecule has 1 saturated heterocycles. The van der Waals surface area contributed by atoms with E-state index in [-0.39, 0.29) is 18.2 Å². The van der Waals surface area contributed by atoms with Crippen LogP contribution < -0.4 is 14.8 Å². The SMILES string of the molecule is CCN(CC1COc2ccccc2O1)C(=O)NCC(c1cccs1)N1CCCC1. The minimum absolute atomic E-state index is 0.0456. The van der Waals surface area contributed by atoms with E-state index < -0.39 is 0 Å². The number of para-hydroxylation sites is 2. The summed E-state index contributed by atoms with van der Waals surface area (Å²) in [4.78, 5) is 18.5. The molecule has 4 rings (SSSR count). The average Bonchev–Trinajstić information content (AvgIpc) is 3.47. The van der Waals surface area contributed by atoms with Gasteiger partial charge in [-0.25, -0.2) is 4.79 Å². The maximum Gasteiger partial charge on any atom is 0.317 e. The zero-order chi connectivity index (χ0) is 20.1. The highest BCUT2D eigenvalue weighted by molar-refractivity contribution is 7.10. The Morgan fingerprint density at radius 2 is 2.03 bits per heavy atom. The molecule has 0 aliphatic carbocycles. The number of thiophene rings is 1. The fourth-order valence-corrected chi connectivity index (χ4v) is 4.85. The summed E-state index contributed by atoms with van der Waals surface area (Å²) in [7, 11) is 0. The van der Waals surface area contributed by atoms with Crippen molar-refractivity contribution < 1.29 is 14.3 Å². The summed E-state index contributed by atoms with van der Waals surface area (Å²) in [5.74, 6) is 1.51. The number of amides is 2. The van der Waals surface area contributed by atoms with E-state index in [1.54, 1.807) is 16.2 Å². The lowest BCUT2D eigenvalue weighted by atomic mass is 10.2. The monoisotopic (exact) mass is 415 g/mol. The Morgan fingerprint density at radius 1 is 1.24 bits per heavy atom. The molecular formula is C22H29N3O3S. The van der Waals surface area contributed by atoms with Crippen LogP contribution >= 0.6 is 11.3 Å². The van der Waals surface area contributed by atoms with Gasteiger partial charge in [0.1, 0.15) is 6.61 Å². The van der Waals surface area contributed by atoms with Crippen LogP contribution in [0.3, 0.4) is 0 Å².